The van der Waals surface area contributed by atoms with Crippen molar-refractivity contribution < 1.29 is 68.5 Å². The zero-order valence-electron chi connectivity index (χ0n) is 44.4. The molecule has 4 aromatic heterocycles. The summed E-state index contributed by atoms with van der Waals surface area (Å²) in [6, 6.07) is 38.2. The van der Waals surface area contributed by atoms with E-state index in [1.807, 2.05) is 109 Å². The summed E-state index contributed by atoms with van der Waals surface area (Å²) in [5.74, 6) is -1.03. The fourth-order valence-corrected chi connectivity index (χ4v) is 9.62. The van der Waals surface area contributed by atoms with Crippen LogP contribution in [0.4, 0.5) is 11.4 Å². The summed E-state index contributed by atoms with van der Waals surface area (Å²) >= 11 is 3.36. The van der Waals surface area contributed by atoms with E-state index in [2.05, 4.69) is 33.0 Å². The quantitative estimate of drug-likeness (QED) is 0.0745. The maximum atomic E-state index is 13.9. The van der Waals surface area contributed by atoms with Crippen LogP contribution in [0.25, 0.3) is 21.8 Å². The Morgan fingerprint density at radius 1 is 0.582 bits per heavy atom. The minimum Gasteiger partial charge on any atom is -1.00 e. The van der Waals surface area contributed by atoms with E-state index in [1.54, 1.807) is 52.5 Å². The fourth-order valence-electron chi connectivity index (χ4n) is 9.25. The summed E-state index contributed by atoms with van der Waals surface area (Å²) < 4.78 is 22.7. The van der Waals surface area contributed by atoms with Crippen molar-refractivity contribution in [2.75, 3.05) is 75.4 Å². The molecule has 0 saturated carbocycles. The molecule has 2 aliphatic rings. The Labute approximate surface area is 494 Å². The summed E-state index contributed by atoms with van der Waals surface area (Å²) in [5, 5.41) is 2.54. The number of esters is 2. The molecule has 10 rings (SSSR count). The molecular formula is C61H72BrN6NaO10. The molecule has 16 nitrogen and oxygen atoms in total. The second-order valence-corrected chi connectivity index (χ2v) is 18.5. The van der Waals surface area contributed by atoms with Crippen LogP contribution in [0, 0.1) is 13.8 Å². The Balaban J connectivity index is 0.000000354. The number of carbonyl (C=O) groups excluding carboxylic acids is 4. The smallest absolute Gasteiger partial charge is 1.00 e. The van der Waals surface area contributed by atoms with Crippen LogP contribution in [0.5, 0.6) is 0 Å². The minimum absolute atomic E-state index is 0. The molecule has 0 aliphatic carbocycles. The van der Waals surface area contributed by atoms with Crippen LogP contribution >= 0.6 is 15.9 Å². The number of alkyl halides is 1. The van der Waals surface area contributed by atoms with Gasteiger partial charge in [-0.3, -0.25) is 19.2 Å². The number of aromatic amines is 1. The molecule has 0 unspecified atom stereocenters. The third kappa shape index (κ3) is 15.1. The average molecular weight is 1150 g/mol. The van der Waals surface area contributed by atoms with Crippen molar-refractivity contribution in [1.82, 2.24) is 19.4 Å². The molecule has 2 amide bonds. The molecule has 2 aliphatic heterocycles. The number of halogens is 1. The van der Waals surface area contributed by atoms with Crippen molar-refractivity contribution in [3.05, 3.63) is 199 Å². The van der Waals surface area contributed by atoms with Crippen LogP contribution in [0.15, 0.2) is 152 Å². The number of rotatable bonds is 11. The van der Waals surface area contributed by atoms with Gasteiger partial charge < -0.3 is 48.9 Å². The summed E-state index contributed by atoms with van der Waals surface area (Å²) in [4.78, 5) is 88.2. The number of carbonyl (C=O) groups is 4. The predicted molar refractivity (Wildman–Crippen MR) is 314 cm³/mol. The van der Waals surface area contributed by atoms with Crippen molar-refractivity contribution in [2.24, 2.45) is 0 Å². The van der Waals surface area contributed by atoms with Crippen LogP contribution in [0.3, 0.4) is 0 Å². The first-order chi connectivity index (χ1) is 36.4. The number of nitrogens with zero attached hydrogens (tertiary/aromatic N) is 5. The third-order valence-electron chi connectivity index (χ3n) is 12.9. The Bertz CT molecular complexity index is 3400. The summed E-state index contributed by atoms with van der Waals surface area (Å²) in [6.07, 6.45) is 2.95. The van der Waals surface area contributed by atoms with E-state index in [-0.39, 0.29) is 95.0 Å². The average Bonchev–Trinajstić information content (AvgIpc) is 4.31. The maximum absolute atomic E-state index is 13.9. The SMILES string of the molecule is BrCc1ccccc1.C.C.C.CCOC(=O)c1c(N2CCN(C(=O)c3ccco3)CC2)c2cc(C)ccc2[nH]c1=O.CCOC(=O)c1c(N2CCN(C(=O)c3ccco3)CC2)c2cc(C)ccc2n(Cc2ccccc2)c1=O.[H-].[Na+]. The number of amides is 2. The first-order valence-electron chi connectivity index (χ1n) is 24.9. The normalized spacial score (nSPS) is 12.7. The van der Waals surface area contributed by atoms with Gasteiger partial charge in [-0.2, -0.15) is 0 Å². The van der Waals surface area contributed by atoms with Gasteiger partial charge in [0.15, 0.2) is 11.5 Å². The molecule has 0 bridgehead atoms. The van der Waals surface area contributed by atoms with Crippen LogP contribution in [0.1, 0.15) is 102 Å². The number of ether oxygens (including phenoxy) is 2. The van der Waals surface area contributed by atoms with Crippen molar-refractivity contribution in [3.63, 3.8) is 0 Å². The number of hydrogen-bond donors (Lipinski definition) is 1. The number of H-pyrrole nitrogens is 1. The molecule has 2 fully saturated rings. The van der Waals surface area contributed by atoms with Gasteiger partial charge in [0.25, 0.3) is 22.9 Å². The molecule has 18 heteroatoms. The van der Waals surface area contributed by atoms with Crippen molar-refractivity contribution in [3.8, 4) is 0 Å². The Kier molecular flexibility index (Phi) is 24.6. The standard InChI is InChI=1S/C29H29N3O5.C22H23N3O5.C7H7Br.3CH4.Na.H/c1-3-36-29(35)25-26(30-13-15-31(16-14-30)27(33)24-10-7-17-37-24)22-18-20(2)11-12-23(22)32(28(25)34)19-21-8-5-4-6-9-21;1-3-29-22(28)18-19(15-13-14(2)6-7-16(15)23-20(18)26)24-8-10-25(11-9-24)21(27)17-5-4-12-30-17;8-6-7-4-2-1-3-5-7;;;;;/h4-12,17-18H,3,13-16,19H2,1-2H3;4-7,12-13H,3,8-11H2,1-2H3,(H,23,26);1-5H,6H2;3*1H4;;/q;;;;;;+1;-1. The first-order valence-corrected chi connectivity index (χ1v) is 26.0. The van der Waals surface area contributed by atoms with Gasteiger partial charge in [-0.15, -0.1) is 0 Å². The minimum atomic E-state index is -0.647. The van der Waals surface area contributed by atoms with Gasteiger partial charge in [-0.05, 0) is 87.4 Å². The first kappa shape index (κ1) is 64.3. The number of furan rings is 2. The number of pyridine rings is 2. The largest absolute Gasteiger partial charge is 1.00 e. The van der Waals surface area contributed by atoms with Crippen molar-refractivity contribution >= 4 is 72.9 Å². The van der Waals surface area contributed by atoms with Crippen molar-refractivity contribution in [2.45, 2.75) is 61.8 Å². The molecule has 1 N–H and O–H groups in total. The number of benzene rings is 4. The number of nitrogens with one attached hydrogen (secondary N) is 1. The van der Waals surface area contributed by atoms with E-state index in [1.165, 1.54) is 18.1 Å². The Hall–Kier alpha value is -7.18. The molecule has 6 heterocycles. The van der Waals surface area contributed by atoms with E-state index in [0.717, 1.165) is 38.3 Å². The van der Waals surface area contributed by atoms with Crippen molar-refractivity contribution in [1.29, 1.82) is 0 Å². The number of aromatic nitrogens is 2. The third-order valence-corrected chi connectivity index (χ3v) is 13.6. The van der Waals surface area contributed by atoms with Gasteiger partial charge in [0.05, 0.1) is 54.7 Å². The number of hydrogen-bond acceptors (Lipinski definition) is 12. The maximum Gasteiger partial charge on any atom is 1.00 e. The molecule has 0 spiro atoms. The van der Waals surface area contributed by atoms with E-state index in [9.17, 15) is 28.8 Å². The fraction of sp³-hybridized carbons (Fsp3) is 0.311. The molecule has 2 saturated heterocycles. The molecule has 4 aromatic carbocycles. The number of fused-ring (bicyclic) bond motifs is 2. The van der Waals surface area contributed by atoms with Crippen LogP contribution in [-0.2, 0) is 21.3 Å². The summed E-state index contributed by atoms with van der Waals surface area (Å²) in [5.41, 5.74) is 6.00. The van der Waals surface area contributed by atoms with Crippen LogP contribution in [-0.4, -0.2) is 109 Å². The molecule has 414 valence electrons. The van der Waals surface area contributed by atoms with E-state index in [0.29, 0.717) is 87.3 Å². The number of aryl methyl sites for hydroxylation is 2. The van der Waals surface area contributed by atoms with E-state index in [4.69, 9.17) is 18.3 Å². The van der Waals surface area contributed by atoms with Crippen LogP contribution < -0.4 is 50.5 Å². The molecule has 0 radical (unpaired) electrons. The second-order valence-electron chi connectivity index (χ2n) is 17.9. The number of anilines is 2. The van der Waals surface area contributed by atoms with Gasteiger partial charge in [0.1, 0.15) is 11.1 Å². The van der Waals surface area contributed by atoms with E-state index < -0.39 is 17.5 Å². The predicted octanol–water partition coefficient (Wildman–Crippen LogP) is 8.27. The monoisotopic (exact) mass is 1150 g/mol. The van der Waals surface area contributed by atoms with Gasteiger partial charge in [0, 0.05) is 68.5 Å². The Morgan fingerprint density at radius 3 is 1.49 bits per heavy atom. The van der Waals surface area contributed by atoms with Gasteiger partial charge in [-0.25, -0.2) is 9.59 Å². The summed E-state index contributed by atoms with van der Waals surface area (Å²) in [6.45, 7) is 11.7. The Morgan fingerprint density at radius 2 is 1.04 bits per heavy atom. The second kappa shape index (κ2) is 30.3. The zero-order valence-corrected chi connectivity index (χ0v) is 47.0. The summed E-state index contributed by atoms with van der Waals surface area (Å²) in [7, 11) is 0. The molecular weight excluding hydrogens is 1080 g/mol. The zero-order chi connectivity index (χ0) is 53.0. The topological polar surface area (TPSA) is 181 Å². The molecule has 8 aromatic rings. The van der Waals surface area contributed by atoms with Gasteiger partial charge in [0.2, 0.25) is 0 Å². The van der Waals surface area contributed by atoms with E-state index >= 15 is 0 Å². The number of piperazine rings is 2. The molecule has 0 atom stereocenters. The van der Waals surface area contributed by atoms with Gasteiger partial charge in [-0.1, -0.05) is 122 Å². The molecule has 79 heavy (non-hydrogen) atoms. The van der Waals surface area contributed by atoms with Gasteiger partial charge >= 0.3 is 41.5 Å². The van der Waals surface area contributed by atoms with Crippen LogP contribution in [0.2, 0.25) is 0 Å².